The van der Waals surface area contributed by atoms with Crippen LogP contribution in [0, 0.1) is 23.7 Å². The number of hydrogen-bond donors (Lipinski definition) is 2. The molecule has 0 aromatic carbocycles. The van der Waals surface area contributed by atoms with E-state index in [1.54, 1.807) is 18.2 Å². The van der Waals surface area contributed by atoms with Crippen LogP contribution in [0.25, 0.3) is 0 Å². The maximum atomic E-state index is 12.9. The zero-order valence-corrected chi connectivity index (χ0v) is 23.9. The lowest BCUT2D eigenvalue weighted by Crippen LogP contribution is -2.55. The van der Waals surface area contributed by atoms with Gasteiger partial charge in [-0.05, 0) is 58.4 Å². The number of ketones is 1. The number of fused-ring (bicyclic) bond motifs is 1. The van der Waals surface area contributed by atoms with Gasteiger partial charge in [-0.1, -0.05) is 33.8 Å². The van der Waals surface area contributed by atoms with Crippen LogP contribution in [0.4, 0.5) is 0 Å². The first kappa shape index (κ1) is 30.9. The Kier molecular flexibility index (Phi) is 11.1. The third kappa shape index (κ3) is 7.73. The largest absolute Gasteiger partial charge is 0.459 e. The van der Waals surface area contributed by atoms with Crippen LogP contribution in [-0.4, -0.2) is 96.5 Å². The molecule has 9 nitrogen and oxygen atoms in total. The second-order valence-corrected chi connectivity index (χ2v) is 11.6. The normalized spacial score (nSPS) is 43.1. The Morgan fingerprint density at radius 3 is 2.39 bits per heavy atom. The Hall–Kier alpha value is -1.62. The number of epoxide rings is 1. The average Bonchev–Trinajstić information content (AvgIpc) is 3.63. The molecule has 3 heterocycles. The molecule has 0 radical (unpaired) electrons. The van der Waals surface area contributed by atoms with E-state index in [4.69, 9.17) is 18.9 Å². The van der Waals surface area contributed by atoms with E-state index in [-0.39, 0.29) is 60.4 Å². The number of rotatable bonds is 5. The molecule has 38 heavy (non-hydrogen) atoms. The molecule has 9 heteroatoms. The summed E-state index contributed by atoms with van der Waals surface area (Å²) in [6.07, 6.45) is 4.92. The predicted octanol–water partition coefficient (Wildman–Crippen LogP) is 2.49. The molecule has 0 aliphatic carbocycles. The van der Waals surface area contributed by atoms with Crippen molar-refractivity contribution in [1.29, 1.82) is 0 Å². The molecule has 3 aliphatic heterocycles. The minimum absolute atomic E-state index is 0.00518. The number of carbonyl (C=O) groups excluding carboxylic acids is 2. The fourth-order valence-corrected chi connectivity index (χ4v) is 5.82. The van der Waals surface area contributed by atoms with Crippen molar-refractivity contribution < 1.29 is 38.7 Å². The molecule has 0 spiro atoms. The highest BCUT2D eigenvalue weighted by atomic mass is 16.7. The second kappa shape index (κ2) is 13.6. The first-order valence-corrected chi connectivity index (χ1v) is 14.0. The third-order valence-electron chi connectivity index (χ3n) is 8.19. The molecule has 0 bridgehead atoms. The molecule has 12 unspecified atom stereocenters. The number of hydrogen-bond acceptors (Lipinski definition) is 9. The average molecular weight is 538 g/mol. The number of esters is 1. The summed E-state index contributed by atoms with van der Waals surface area (Å²) in [4.78, 5) is 27.7. The van der Waals surface area contributed by atoms with E-state index in [0.717, 1.165) is 0 Å². The summed E-state index contributed by atoms with van der Waals surface area (Å²) >= 11 is 0. The molecule has 3 rings (SSSR count). The SMILES string of the molecule is CCC1OC(=O)C=CC(C)C(OC2OC(C)CC(N(C)C)C2O)C(C)CC(C)C(=O)C=CC2OC2C1CO. The van der Waals surface area contributed by atoms with Gasteiger partial charge in [-0.25, -0.2) is 4.79 Å². The first-order chi connectivity index (χ1) is 18.0. The zero-order chi connectivity index (χ0) is 28.1. The van der Waals surface area contributed by atoms with Gasteiger partial charge in [-0.2, -0.15) is 0 Å². The molecule has 216 valence electrons. The van der Waals surface area contributed by atoms with Crippen molar-refractivity contribution in [2.45, 2.75) is 103 Å². The van der Waals surface area contributed by atoms with Gasteiger partial charge < -0.3 is 34.1 Å². The molecule has 2 N–H and O–H groups in total. The van der Waals surface area contributed by atoms with Crippen molar-refractivity contribution in [3.63, 3.8) is 0 Å². The van der Waals surface area contributed by atoms with E-state index >= 15 is 0 Å². The van der Waals surface area contributed by atoms with E-state index in [0.29, 0.717) is 19.3 Å². The molecule has 2 fully saturated rings. The minimum Gasteiger partial charge on any atom is -0.459 e. The van der Waals surface area contributed by atoms with Crippen LogP contribution in [-0.2, 0) is 28.5 Å². The summed E-state index contributed by atoms with van der Waals surface area (Å²) in [7, 11) is 3.85. The smallest absolute Gasteiger partial charge is 0.330 e. The maximum Gasteiger partial charge on any atom is 0.330 e. The van der Waals surface area contributed by atoms with Crippen molar-refractivity contribution in [3.8, 4) is 0 Å². The molecule has 12 atom stereocenters. The number of allylic oxidation sites excluding steroid dienone is 1. The standard InChI is InChI=1S/C29H47NO8/c1-8-23-20(15-31)28-24(37-28)11-10-22(32)17(3)13-18(4)27(16(2)9-12-25(33)36-23)38-29-26(34)21(30(6)7)14-19(5)35-29/h9-12,16-21,23-24,26-29,31,34H,8,13-15H2,1-7H3. The lowest BCUT2D eigenvalue weighted by Gasteiger charge is -2.43. The molecule has 2 saturated heterocycles. The van der Waals surface area contributed by atoms with Gasteiger partial charge >= 0.3 is 5.97 Å². The van der Waals surface area contributed by atoms with E-state index < -0.39 is 30.6 Å². The van der Waals surface area contributed by atoms with E-state index in [1.165, 1.54) is 6.08 Å². The van der Waals surface area contributed by atoms with Gasteiger partial charge in [-0.3, -0.25) is 4.79 Å². The Morgan fingerprint density at radius 2 is 1.76 bits per heavy atom. The Labute approximate surface area is 227 Å². The molecular weight excluding hydrogens is 490 g/mol. The van der Waals surface area contributed by atoms with E-state index in [1.807, 2.05) is 53.6 Å². The molecule has 0 saturated carbocycles. The number of carbonyl (C=O) groups is 2. The lowest BCUT2D eigenvalue weighted by molar-refractivity contribution is -0.277. The Bertz CT molecular complexity index is 860. The van der Waals surface area contributed by atoms with Crippen LogP contribution in [0.1, 0.15) is 53.9 Å². The van der Waals surface area contributed by atoms with Gasteiger partial charge in [-0.15, -0.1) is 0 Å². The quantitative estimate of drug-likeness (QED) is 0.403. The number of cyclic esters (lactones) is 1. The van der Waals surface area contributed by atoms with Crippen LogP contribution in [0.3, 0.4) is 0 Å². The van der Waals surface area contributed by atoms with Crippen LogP contribution in [0.15, 0.2) is 24.3 Å². The van der Waals surface area contributed by atoms with E-state index in [2.05, 4.69) is 0 Å². The minimum atomic E-state index is -0.843. The van der Waals surface area contributed by atoms with Crippen molar-refractivity contribution in [3.05, 3.63) is 24.3 Å². The van der Waals surface area contributed by atoms with Crippen molar-refractivity contribution in [1.82, 2.24) is 4.90 Å². The molecule has 3 aliphatic rings. The van der Waals surface area contributed by atoms with Crippen molar-refractivity contribution >= 4 is 11.8 Å². The molecule has 0 amide bonds. The highest BCUT2D eigenvalue weighted by Gasteiger charge is 2.47. The number of nitrogens with zero attached hydrogens (tertiary/aromatic N) is 1. The number of aliphatic hydroxyl groups is 2. The fraction of sp³-hybridized carbons (Fsp3) is 0.793. The van der Waals surface area contributed by atoms with E-state index in [9.17, 15) is 19.8 Å². The van der Waals surface area contributed by atoms with Crippen molar-refractivity contribution in [2.24, 2.45) is 23.7 Å². The Morgan fingerprint density at radius 1 is 1.05 bits per heavy atom. The number of ether oxygens (including phenoxy) is 4. The van der Waals surface area contributed by atoms with Crippen LogP contribution in [0.2, 0.25) is 0 Å². The molecular formula is C29H47NO8. The van der Waals surface area contributed by atoms with Crippen molar-refractivity contribution in [2.75, 3.05) is 20.7 Å². The Balaban J connectivity index is 1.86. The first-order valence-electron chi connectivity index (χ1n) is 14.0. The number of aliphatic hydroxyl groups excluding tert-OH is 2. The summed E-state index contributed by atoms with van der Waals surface area (Å²) in [5.74, 6) is -1.46. The highest BCUT2D eigenvalue weighted by Crippen LogP contribution is 2.35. The van der Waals surface area contributed by atoms with Crippen LogP contribution in [0.5, 0.6) is 0 Å². The zero-order valence-electron chi connectivity index (χ0n) is 23.9. The summed E-state index contributed by atoms with van der Waals surface area (Å²) in [5, 5.41) is 21.0. The molecule has 0 aromatic rings. The van der Waals surface area contributed by atoms with Gasteiger partial charge in [0.15, 0.2) is 12.1 Å². The maximum absolute atomic E-state index is 12.9. The fourth-order valence-electron chi connectivity index (χ4n) is 5.82. The third-order valence-corrected chi connectivity index (χ3v) is 8.19. The monoisotopic (exact) mass is 537 g/mol. The van der Waals surface area contributed by atoms with Crippen LogP contribution >= 0.6 is 0 Å². The van der Waals surface area contributed by atoms with Gasteiger partial charge in [0.25, 0.3) is 0 Å². The van der Waals surface area contributed by atoms with Crippen LogP contribution < -0.4 is 0 Å². The second-order valence-electron chi connectivity index (χ2n) is 11.6. The highest BCUT2D eigenvalue weighted by molar-refractivity contribution is 5.91. The summed E-state index contributed by atoms with van der Waals surface area (Å²) < 4.78 is 23.9. The lowest BCUT2D eigenvalue weighted by atomic mass is 9.84. The topological polar surface area (TPSA) is 118 Å². The molecule has 0 aromatic heterocycles. The van der Waals surface area contributed by atoms with Gasteiger partial charge in [0.1, 0.15) is 18.3 Å². The van der Waals surface area contributed by atoms with Gasteiger partial charge in [0, 0.05) is 29.9 Å². The summed E-state index contributed by atoms with van der Waals surface area (Å²) in [6.45, 7) is 9.53. The van der Waals surface area contributed by atoms with Gasteiger partial charge in [0.05, 0.1) is 24.9 Å². The summed E-state index contributed by atoms with van der Waals surface area (Å²) in [6, 6.07) is -0.115. The number of likely N-dealkylation sites (N-methyl/N-ethyl adjacent to an activating group) is 1. The predicted molar refractivity (Wildman–Crippen MR) is 142 cm³/mol. The summed E-state index contributed by atoms with van der Waals surface area (Å²) in [5.41, 5.74) is 0. The van der Waals surface area contributed by atoms with Gasteiger partial charge in [0.2, 0.25) is 0 Å².